The number of piperidine rings is 1. The number of aliphatic hydroxyl groups is 1. The van der Waals surface area contributed by atoms with Gasteiger partial charge < -0.3 is 24.6 Å². The summed E-state index contributed by atoms with van der Waals surface area (Å²) < 4.78 is 5.67. The van der Waals surface area contributed by atoms with Gasteiger partial charge in [0.1, 0.15) is 5.52 Å². The minimum Gasteiger partial charge on any atom is -0.423 e. The molecule has 0 spiro atoms. The van der Waals surface area contributed by atoms with Crippen LogP contribution in [0.5, 0.6) is 0 Å². The van der Waals surface area contributed by atoms with Crippen LogP contribution >= 0.6 is 0 Å². The maximum absolute atomic E-state index is 12.6. The molecule has 130 valence electrons. The molecule has 1 saturated heterocycles. The second kappa shape index (κ2) is 6.68. The Labute approximate surface area is 141 Å². The Morgan fingerprint density at radius 3 is 2.96 bits per heavy atom. The third-order valence-corrected chi connectivity index (χ3v) is 4.51. The van der Waals surface area contributed by atoms with Gasteiger partial charge in [0.05, 0.1) is 0 Å². The summed E-state index contributed by atoms with van der Waals surface area (Å²) in [7, 11) is 3.73. The van der Waals surface area contributed by atoms with Crippen LogP contribution in [0.3, 0.4) is 0 Å². The number of fused-ring (bicyclic) bond motifs is 1. The molecule has 2 atom stereocenters. The molecule has 3 rings (SSSR count). The Morgan fingerprint density at radius 1 is 1.46 bits per heavy atom. The third kappa shape index (κ3) is 3.31. The molecule has 1 fully saturated rings. The van der Waals surface area contributed by atoms with Crippen molar-refractivity contribution in [2.24, 2.45) is 5.92 Å². The first kappa shape index (κ1) is 16.6. The van der Waals surface area contributed by atoms with Gasteiger partial charge >= 0.3 is 6.03 Å². The zero-order chi connectivity index (χ0) is 17.3. The molecule has 24 heavy (non-hydrogen) atoms. The standard InChI is InChI=1S/C17H24N4O3/c1-11-4-5-12(10-22)9-21(11)16(23)18-13-6-7-14-15(8-13)24-17(19-14)20(2)3/h6-8,11-12,22H,4-5,9-10H2,1-3H3,(H,18,23). The van der Waals surface area contributed by atoms with Crippen molar-refractivity contribution in [2.45, 2.75) is 25.8 Å². The maximum Gasteiger partial charge on any atom is 0.322 e. The summed E-state index contributed by atoms with van der Waals surface area (Å²) in [6, 6.07) is 5.99. The molecule has 2 amide bonds. The molecular formula is C17H24N4O3. The van der Waals surface area contributed by atoms with Gasteiger partial charge in [-0.15, -0.1) is 0 Å². The predicted octanol–water partition coefficient (Wildman–Crippen LogP) is 2.52. The molecule has 0 aliphatic carbocycles. The second-order valence-electron chi connectivity index (χ2n) is 6.63. The summed E-state index contributed by atoms with van der Waals surface area (Å²) in [6.45, 7) is 2.74. The summed E-state index contributed by atoms with van der Waals surface area (Å²) in [5.74, 6) is 0.159. The largest absolute Gasteiger partial charge is 0.423 e. The van der Waals surface area contributed by atoms with Crippen LogP contribution in [0.1, 0.15) is 19.8 Å². The number of benzene rings is 1. The number of aliphatic hydroxyl groups excluding tert-OH is 1. The fourth-order valence-corrected chi connectivity index (χ4v) is 2.99. The van der Waals surface area contributed by atoms with E-state index in [0.717, 1.165) is 18.4 Å². The molecule has 7 nitrogen and oxygen atoms in total. The Bertz CT molecular complexity index is 728. The minimum atomic E-state index is -0.146. The first-order valence-electron chi connectivity index (χ1n) is 8.24. The van der Waals surface area contributed by atoms with E-state index in [9.17, 15) is 9.90 Å². The molecule has 2 unspecified atom stereocenters. The Hall–Kier alpha value is -2.28. The lowest BCUT2D eigenvalue weighted by Gasteiger charge is -2.37. The summed E-state index contributed by atoms with van der Waals surface area (Å²) in [5.41, 5.74) is 2.06. The quantitative estimate of drug-likeness (QED) is 0.902. The van der Waals surface area contributed by atoms with Crippen LogP contribution in [0.2, 0.25) is 0 Å². The highest BCUT2D eigenvalue weighted by molar-refractivity contribution is 5.92. The van der Waals surface area contributed by atoms with E-state index in [1.807, 2.05) is 33.2 Å². The van der Waals surface area contributed by atoms with Crippen molar-refractivity contribution in [1.82, 2.24) is 9.88 Å². The Balaban J connectivity index is 1.74. The minimum absolute atomic E-state index is 0.119. The number of hydrogen-bond acceptors (Lipinski definition) is 5. The molecule has 0 radical (unpaired) electrons. The number of hydrogen-bond donors (Lipinski definition) is 2. The number of nitrogens with zero attached hydrogens (tertiary/aromatic N) is 3. The number of amides is 2. The van der Waals surface area contributed by atoms with Crippen molar-refractivity contribution in [3.63, 3.8) is 0 Å². The molecular weight excluding hydrogens is 308 g/mol. The van der Waals surface area contributed by atoms with E-state index in [-0.39, 0.29) is 24.6 Å². The van der Waals surface area contributed by atoms with Crippen LogP contribution in [0, 0.1) is 5.92 Å². The predicted molar refractivity (Wildman–Crippen MR) is 93.3 cm³/mol. The lowest BCUT2D eigenvalue weighted by molar-refractivity contribution is 0.107. The first-order chi connectivity index (χ1) is 11.5. The molecule has 2 N–H and O–H groups in total. The van der Waals surface area contributed by atoms with Gasteiger partial charge in [-0.2, -0.15) is 4.98 Å². The topological polar surface area (TPSA) is 81.8 Å². The highest BCUT2D eigenvalue weighted by atomic mass is 16.4. The van der Waals surface area contributed by atoms with Crippen LogP contribution in [0.25, 0.3) is 11.1 Å². The number of carbonyl (C=O) groups is 1. The van der Waals surface area contributed by atoms with E-state index < -0.39 is 0 Å². The van der Waals surface area contributed by atoms with Crippen molar-refractivity contribution in [2.75, 3.05) is 37.5 Å². The zero-order valence-electron chi connectivity index (χ0n) is 14.3. The van der Waals surface area contributed by atoms with E-state index in [2.05, 4.69) is 10.3 Å². The number of nitrogens with one attached hydrogen (secondary N) is 1. The third-order valence-electron chi connectivity index (χ3n) is 4.51. The number of likely N-dealkylation sites (tertiary alicyclic amines) is 1. The molecule has 1 aromatic heterocycles. The number of oxazole rings is 1. The smallest absolute Gasteiger partial charge is 0.322 e. The van der Waals surface area contributed by atoms with Crippen LogP contribution in [-0.2, 0) is 0 Å². The number of carbonyl (C=O) groups excluding carboxylic acids is 1. The van der Waals surface area contributed by atoms with E-state index in [1.54, 1.807) is 15.9 Å². The van der Waals surface area contributed by atoms with Crippen molar-refractivity contribution >= 4 is 28.8 Å². The molecule has 2 aromatic rings. The van der Waals surface area contributed by atoms with Crippen molar-refractivity contribution in [1.29, 1.82) is 0 Å². The SMILES string of the molecule is CC1CCC(CO)CN1C(=O)Nc1ccc2nc(N(C)C)oc2c1. The summed E-state index contributed by atoms with van der Waals surface area (Å²) >= 11 is 0. The Kier molecular flexibility index (Phi) is 4.62. The normalized spacial score (nSPS) is 21.1. The van der Waals surface area contributed by atoms with Gasteiger partial charge in [-0.05, 0) is 37.8 Å². The molecule has 2 heterocycles. The van der Waals surface area contributed by atoms with Gasteiger partial charge in [0.25, 0.3) is 6.01 Å². The summed E-state index contributed by atoms with van der Waals surface area (Å²) in [6.07, 6.45) is 1.87. The van der Waals surface area contributed by atoms with Crippen LogP contribution in [0.4, 0.5) is 16.5 Å². The van der Waals surface area contributed by atoms with E-state index >= 15 is 0 Å². The van der Waals surface area contributed by atoms with Crippen molar-refractivity contribution in [3.8, 4) is 0 Å². The van der Waals surface area contributed by atoms with E-state index in [4.69, 9.17) is 4.42 Å². The highest BCUT2D eigenvalue weighted by Gasteiger charge is 2.28. The number of rotatable bonds is 3. The van der Waals surface area contributed by atoms with Gasteiger partial charge in [-0.1, -0.05) is 0 Å². The number of anilines is 2. The van der Waals surface area contributed by atoms with Gasteiger partial charge in [-0.25, -0.2) is 4.79 Å². The second-order valence-corrected chi connectivity index (χ2v) is 6.63. The maximum atomic E-state index is 12.6. The van der Waals surface area contributed by atoms with E-state index in [1.165, 1.54) is 0 Å². The fourth-order valence-electron chi connectivity index (χ4n) is 2.99. The molecule has 0 bridgehead atoms. The lowest BCUT2D eigenvalue weighted by Crippen LogP contribution is -2.48. The average Bonchev–Trinajstić information content (AvgIpc) is 2.99. The number of aromatic nitrogens is 1. The molecule has 1 aromatic carbocycles. The van der Waals surface area contributed by atoms with Gasteiger partial charge in [-0.3, -0.25) is 0 Å². The molecule has 0 saturated carbocycles. The zero-order valence-corrected chi connectivity index (χ0v) is 14.3. The molecule has 7 heteroatoms. The van der Waals surface area contributed by atoms with E-state index in [0.29, 0.717) is 23.8 Å². The number of urea groups is 1. The van der Waals surface area contributed by atoms with Gasteiger partial charge in [0, 0.05) is 45.0 Å². The van der Waals surface area contributed by atoms with Gasteiger partial charge in [0.2, 0.25) is 0 Å². The van der Waals surface area contributed by atoms with Crippen molar-refractivity contribution in [3.05, 3.63) is 18.2 Å². The van der Waals surface area contributed by atoms with Gasteiger partial charge in [0.15, 0.2) is 5.58 Å². The Morgan fingerprint density at radius 2 is 2.25 bits per heavy atom. The highest BCUT2D eigenvalue weighted by Crippen LogP contribution is 2.25. The van der Waals surface area contributed by atoms with Crippen LogP contribution in [-0.4, -0.2) is 54.3 Å². The summed E-state index contributed by atoms with van der Waals surface area (Å²) in [4.78, 5) is 20.5. The molecule has 1 aliphatic rings. The lowest BCUT2D eigenvalue weighted by atomic mass is 9.94. The first-order valence-corrected chi connectivity index (χ1v) is 8.24. The summed E-state index contributed by atoms with van der Waals surface area (Å²) in [5, 5.41) is 12.3. The average molecular weight is 332 g/mol. The fraction of sp³-hybridized carbons (Fsp3) is 0.529. The van der Waals surface area contributed by atoms with Crippen LogP contribution < -0.4 is 10.2 Å². The molecule has 1 aliphatic heterocycles. The van der Waals surface area contributed by atoms with Crippen molar-refractivity contribution < 1.29 is 14.3 Å². The monoisotopic (exact) mass is 332 g/mol. The van der Waals surface area contributed by atoms with Crippen LogP contribution in [0.15, 0.2) is 22.6 Å².